The average Bonchev–Trinajstić information content (AvgIpc) is 4.12. The molecule has 8 rings (SSSR count). The first kappa shape index (κ1) is 41.3. The number of aromatic nitrogens is 4. The van der Waals surface area contributed by atoms with Gasteiger partial charge in [-0.2, -0.15) is 0 Å². The summed E-state index contributed by atoms with van der Waals surface area (Å²) in [6.07, 6.45) is 6.76. The second-order valence-corrected chi connectivity index (χ2v) is 16.6. The Labute approximate surface area is 355 Å². The molecular formula is C47H54N8O6. The molecule has 3 aromatic carbocycles. The van der Waals surface area contributed by atoms with Crippen LogP contribution >= 0.6 is 0 Å². The van der Waals surface area contributed by atoms with Crippen molar-refractivity contribution < 1.29 is 28.7 Å². The maximum Gasteiger partial charge on any atom is 0.407 e. The number of benzene rings is 3. The SMILES string of the molecule is COC(=O)N[C@H]1Cc2cccc(c2)CCCc2[nH]c(nc2-c2ccc(-c3ccc(-c4cnc([C@@H]5CCCN5C(=O)[C@@H](NC(=O)OC)C(C)C)[nH]4)cc3)cc2)[C@@H]2CCCN2C1=O. The summed E-state index contributed by atoms with van der Waals surface area (Å²) in [6, 6.07) is 23.1. The highest BCUT2D eigenvalue weighted by Crippen LogP contribution is 2.36. The number of amides is 4. The minimum Gasteiger partial charge on any atom is -0.453 e. The van der Waals surface area contributed by atoms with Crippen molar-refractivity contribution in [2.24, 2.45) is 5.92 Å². The van der Waals surface area contributed by atoms with Gasteiger partial charge < -0.3 is 39.9 Å². The topological polar surface area (TPSA) is 175 Å². The Morgan fingerprint density at radius 1 is 0.770 bits per heavy atom. The zero-order chi connectivity index (χ0) is 42.6. The van der Waals surface area contributed by atoms with Gasteiger partial charge in [-0.1, -0.05) is 86.6 Å². The predicted molar refractivity (Wildman–Crippen MR) is 230 cm³/mol. The zero-order valence-corrected chi connectivity index (χ0v) is 35.2. The van der Waals surface area contributed by atoms with Crippen LogP contribution in [0, 0.1) is 5.92 Å². The van der Waals surface area contributed by atoms with Gasteiger partial charge in [0.05, 0.1) is 43.9 Å². The van der Waals surface area contributed by atoms with E-state index >= 15 is 0 Å². The Morgan fingerprint density at radius 3 is 2.16 bits per heavy atom. The molecule has 0 aliphatic carbocycles. The minimum absolute atomic E-state index is 0.109. The number of aryl methyl sites for hydroxylation is 2. The van der Waals surface area contributed by atoms with E-state index in [2.05, 4.69) is 81.3 Å². The van der Waals surface area contributed by atoms with Crippen LogP contribution in [0.15, 0.2) is 79.0 Å². The molecule has 2 fully saturated rings. The number of hydrogen-bond acceptors (Lipinski definition) is 8. The maximum atomic E-state index is 14.1. The van der Waals surface area contributed by atoms with Gasteiger partial charge in [0, 0.05) is 30.8 Å². The lowest BCUT2D eigenvalue weighted by atomic mass is 9.98. The van der Waals surface area contributed by atoms with Gasteiger partial charge in [0.15, 0.2) is 0 Å². The van der Waals surface area contributed by atoms with Crippen LogP contribution in [0.3, 0.4) is 0 Å². The first-order chi connectivity index (χ1) is 29.6. The Hall–Kier alpha value is -6.44. The molecule has 0 unspecified atom stereocenters. The molecule has 61 heavy (non-hydrogen) atoms. The van der Waals surface area contributed by atoms with E-state index in [1.54, 1.807) is 0 Å². The molecule has 4 atom stereocenters. The first-order valence-corrected chi connectivity index (χ1v) is 21.3. The van der Waals surface area contributed by atoms with E-state index in [4.69, 9.17) is 19.4 Å². The Balaban J connectivity index is 0.997. The highest BCUT2D eigenvalue weighted by atomic mass is 16.5. The van der Waals surface area contributed by atoms with Gasteiger partial charge in [-0.3, -0.25) is 9.59 Å². The molecule has 2 aromatic heterocycles. The van der Waals surface area contributed by atoms with Crippen LogP contribution in [0.25, 0.3) is 33.6 Å². The van der Waals surface area contributed by atoms with Crippen LogP contribution in [-0.4, -0.2) is 93.1 Å². The highest BCUT2D eigenvalue weighted by Gasteiger charge is 2.39. The summed E-state index contributed by atoms with van der Waals surface area (Å²) in [5.41, 5.74) is 9.07. The number of imidazole rings is 2. The number of rotatable bonds is 8. The molecule has 14 nitrogen and oxygen atoms in total. The van der Waals surface area contributed by atoms with Crippen molar-refractivity contribution in [2.75, 3.05) is 27.3 Å². The van der Waals surface area contributed by atoms with Crippen LogP contribution in [0.1, 0.15) is 86.5 Å². The van der Waals surface area contributed by atoms with Crippen LogP contribution < -0.4 is 10.6 Å². The van der Waals surface area contributed by atoms with Crippen molar-refractivity contribution in [2.45, 2.75) is 89.4 Å². The van der Waals surface area contributed by atoms with E-state index < -0.39 is 24.3 Å². The Kier molecular flexibility index (Phi) is 12.2. The smallest absolute Gasteiger partial charge is 0.407 e. The average molecular weight is 827 g/mol. The number of carbonyl (C=O) groups excluding carboxylic acids is 4. The number of aromatic amines is 2. The standard InChI is InChI=1S/C47H54N8O6/c1-28(2)40(53-47(59)61-4)45(57)55-24-7-13-38(55)42-48-27-37(50-42)33-19-15-31(16-20-33)32-17-21-34(22-18-32)41-35-12-6-10-29-9-5-11-30(25-29)26-36(51-46(58)60-3)44(56)54-23-8-14-39(54)43(49-35)52-41/h5,9,11,15-22,25,27-28,36,38-40H,6-8,10,12-14,23-24,26H2,1-4H3,(H,48,50)(H,49,52)(H,51,58)(H,53,59)/t36-,38-,39-,40-/m0/s1. The van der Waals surface area contributed by atoms with Gasteiger partial charge in [0.25, 0.3) is 0 Å². The van der Waals surface area contributed by atoms with E-state index in [1.165, 1.54) is 19.8 Å². The molecule has 4 bridgehead atoms. The van der Waals surface area contributed by atoms with Crippen LogP contribution in [0.2, 0.25) is 0 Å². The number of H-pyrrole nitrogens is 2. The summed E-state index contributed by atoms with van der Waals surface area (Å²) >= 11 is 0. The lowest BCUT2D eigenvalue weighted by Crippen LogP contribution is -2.51. The monoisotopic (exact) mass is 826 g/mol. The normalized spacial score (nSPS) is 19.6. The lowest BCUT2D eigenvalue weighted by molar-refractivity contribution is -0.135. The third kappa shape index (κ3) is 8.89. The number of nitrogens with one attached hydrogen (secondary N) is 4. The van der Waals surface area contributed by atoms with Crippen molar-refractivity contribution >= 4 is 24.0 Å². The third-order valence-corrected chi connectivity index (χ3v) is 12.3. The number of hydrogen-bond donors (Lipinski definition) is 4. The van der Waals surface area contributed by atoms with E-state index in [9.17, 15) is 19.2 Å². The predicted octanol–water partition coefficient (Wildman–Crippen LogP) is 7.30. The summed E-state index contributed by atoms with van der Waals surface area (Å²) in [7, 11) is 2.60. The molecule has 0 saturated carbocycles. The molecule has 0 spiro atoms. The quantitative estimate of drug-likeness (QED) is 0.126. The molecule has 3 aliphatic heterocycles. The largest absolute Gasteiger partial charge is 0.453 e. The van der Waals surface area contributed by atoms with Crippen LogP contribution in [0.5, 0.6) is 0 Å². The summed E-state index contributed by atoms with van der Waals surface area (Å²) in [5, 5.41) is 5.51. The van der Waals surface area contributed by atoms with Crippen molar-refractivity contribution in [3.8, 4) is 33.6 Å². The molecule has 14 heteroatoms. The molecule has 4 amide bonds. The van der Waals surface area contributed by atoms with Gasteiger partial charge in [-0.15, -0.1) is 0 Å². The maximum absolute atomic E-state index is 14.1. The number of alkyl carbamates (subject to hydrolysis) is 2. The fourth-order valence-electron chi connectivity index (χ4n) is 9.05. The van der Waals surface area contributed by atoms with Crippen molar-refractivity contribution in [3.63, 3.8) is 0 Å². The second kappa shape index (κ2) is 18.0. The second-order valence-electron chi connectivity index (χ2n) is 16.6. The minimum atomic E-state index is -0.763. The number of ether oxygens (including phenoxy) is 2. The molecular weight excluding hydrogens is 773 g/mol. The number of carbonyl (C=O) groups is 4. The lowest BCUT2D eigenvalue weighted by Gasteiger charge is -2.30. The van der Waals surface area contributed by atoms with Gasteiger partial charge >= 0.3 is 12.2 Å². The molecule has 318 valence electrons. The molecule has 3 aliphatic rings. The molecule has 0 radical (unpaired) electrons. The Morgan fingerprint density at radius 2 is 1.44 bits per heavy atom. The molecule has 4 N–H and O–H groups in total. The van der Waals surface area contributed by atoms with Crippen LogP contribution in [0.4, 0.5) is 9.59 Å². The van der Waals surface area contributed by atoms with E-state index in [-0.39, 0.29) is 29.8 Å². The van der Waals surface area contributed by atoms with Crippen molar-refractivity contribution in [1.82, 2.24) is 40.4 Å². The molecule has 5 aromatic rings. The number of nitrogens with zero attached hydrogens (tertiary/aromatic N) is 4. The van der Waals surface area contributed by atoms with E-state index in [0.717, 1.165) is 101 Å². The fraction of sp³-hybridized carbons (Fsp3) is 0.404. The number of methoxy groups -OCH3 is 2. The van der Waals surface area contributed by atoms with Crippen molar-refractivity contribution in [1.29, 1.82) is 0 Å². The zero-order valence-electron chi connectivity index (χ0n) is 35.2. The fourth-order valence-corrected chi connectivity index (χ4v) is 9.05. The molecule has 5 heterocycles. The number of fused-ring (bicyclic) bond motifs is 6. The molecule has 2 saturated heterocycles. The first-order valence-electron chi connectivity index (χ1n) is 21.3. The van der Waals surface area contributed by atoms with Gasteiger partial charge in [0.1, 0.15) is 23.7 Å². The van der Waals surface area contributed by atoms with E-state index in [1.807, 2.05) is 42.0 Å². The summed E-state index contributed by atoms with van der Waals surface area (Å²) in [4.78, 5) is 72.8. The van der Waals surface area contributed by atoms with Gasteiger partial charge in [-0.25, -0.2) is 19.6 Å². The van der Waals surface area contributed by atoms with Gasteiger partial charge in [0.2, 0.25) is 11.8 Å². The highest BCUT2D eigenvalue weighted by molar-refractivity contribution is 5.87. The van der Waals surface area contributed by atoms with Crippen LogP contribution in [-0.2, 0) is 38.3 Å². The third-order valence-electron chi connectivity index (χ3n) is 12.3. The van der Waals surface area contributed by atoms with Gasteiger partial charge in [-0.05, 0) is 78.7 Å². The van der Waals surface area contributed by atoms with E-state index in [0.29, 0.717) is 19.5 Å². The summed E-state index contributed by atoms with van der Waals surface area (Å²) in [5.74, 6) is 1.10. The number of likely N-dealkylation sites (tertiary alicyclic amines) is 1. The Bertz CT molecular complexity index is 2370. The summed E-state index contributed by atoms with van der Waals surface area (Å²) in [6.45, 7) is 4.98. The summed E-state index contributed by atoms with van der Waals surface area (Å²) < 4.78 is 9.68. The van der Waals surface area contributed by atoms with Crippen molar-refractivity contribution in [3.05, 3.63) is 107 Å².